The Balaban J connectivity index is 1.74. The lowest BCUT2D eigenvalue weighted by molar-refractivity contribution is -0.176. The van der Waals surface area contributed by atoms with Crippen LogP contribution in [0.2, 0.25) is 0 Å². The van der Waals surface area contributed by atoms with E-state index in [4.69, 9.17) is 21.7 Å². The molecule has 2 rings (SSSR count). The number of thioether (sulfide) groups is 1. The normalized spacial score (nSPS) is 22.2. The molecule has 0 aromatic heterocycles. The van der Waals surface area contributed by atoms with Gasteiger partial charge in [0.25, 0.3) is 0 Å². The minimum atomic E-state index is -4.26. The third-order valence-electron chi connectivity index (χ3n) is 3.13. The number of rotatable bonds is 4. The first-order chi connectivity index (χ1) is 9.97. The van der Waals surface area contributed by atoms with Crippen molar-refractivity contribution in [2.24, 2.45) is 5.92 Å². The van der Waals surface area contributed by atoms with Crippen molar-refractivity contribution in [3.63, 3.8) is 0 Å². The van der Waals surface area contributed by atoms with E-state index >= 15 is 0 Å². The topological polar surface area (TPSA) is 18.5 Å². The van der Waals surface area contributed by atoms with Crippen molar-refractivity contribution < 1.29 is 22.6 Å². The largest absolute Gasteiger partial charge is 0.478 e. The number of hydrogen-bond acceptors (Lipinski definition) is 4. The molecule has 0 spiro atoms. The smallest absolute Gasteiger partial charge is 0.395 e. The summed E-state index contributed by atoms with van der Waals surface area (Å²) in [7, 11) is 0. The summed E-state index contributed by atoms with van der Waals surface area (Å²) in [6.45, 7) is 0.452. The zero-order chi connectivity index (χ0) is 15.3. The Morgan fingerprint density at radius 1 is 1.33 bits per heavy atom. The Bertz CT molecular complexity index is 465. The first kappa shape index (κ1) is 16.6. The first-order valence-electron chi connectivity index (χ1n) is 6.52. The van der Waals surface area contributed by atoms with Crippen LogP contribution < -0.4 is 0 Å². The lowest BCUT2D eigenvalue weighted by Gasteiger charge is -2.20. The lowest BCUT2D eigenvalue weighted by atomic mass is 10.1. The summed E-state index contributed by atoms with van der Waals surface area (Å²) in [6.07, 6.45) is -3.61. The highest BCUT2D eigenvalue weighted by atomic mass is 32.2. The molecule has 2 nitrogen and oxygen atoms in total. The molecular weight excluding hydrogens is 321 g/mol. The van der Waals surface area contributed by atoms with Crippen LogP contribution in [0, 0.1) is 5.92 Å². The first-order valence-corrected chi connectivity index (χ1v) is 7.81. The molecule has 0 aliphatic carbocycles. The third-order valence-corrected chi connectivity index (χ3v) is 4.54. The van der Waals surface area contributed by atoms with Gasteiger partial charge in [-0.25, -0.2) is 0 Å². The highest BCUT2D eigenvalue weighted by Crippen LogP contribution is 2.41. The van der Waals surface area contributed by atoms with Crippen LogP contribution in [0.5, 0.6) is 0 Å². The van der Waals surface area contributed by atoms with Crippen LogP contribution in [-0.2, 0) is 15.9 Å². The lowest BCUT2D eigenvalue weighted by Crippen LogP contribution is -2.29. The summed E-state index contributed by atoms with van der Waals surface area (Å²) in [4.78, 5) is 0. The van der Waals surface area contributed by atoms with E-state index in [9.17, 15) is 13.2 Å². The fourth-order valence-electron chi connectivity index (χ4n) is 2.02. The van der Waals surface area contributed by atoms with Gasteiger partial charge < -0.3 is 9.47 Å². The van der Waals surface area contributed by atoms with Crippen molar-refractivity contribution in [3.05, 3.63) is 35.9 Å². The SMILES string of the molecule is FC(F)(F)[C@@H]1CCO[C@H]1SC(=S)OCCc1ccccc1. The van der Waals surface area contributed by atoms with E-state index in [1.54, 1.807) is 0 Å². The Kier molecular flexibility index (Phi) is 5.89. The van der Waals surface area contributed by atoms with Gasteiger partial charge >= 0.3 is 6.18 Å². The van der Waals surface area contributed by atoms with Crippen LogP contribution in [0.4, 0.5) is 13.2 Å². The van der Waals surface area contributed by atoms with E-state index in [1.807, 2.05) is 30.3 Å². The van der Waals surface area contributed by atoms with Gasteiger partial charge in [-0.15, -0.1) is 0 Å². The molecule has 0 saturated carbocycles. The minimum absolute atomic E-state index is 0.0200. The number of thiocarbonyl (C=S) groups is 1. The van der Waals surface area contributed by atoms with Gasteiger partial charge in [-0.1, -0.05) is 30.3 Å². The van der Waals surface area contributed by atoms with Gasteiger partial charge in [0, 0.05) is 13.0 Å². The summed E-state index contributed by atoms with van der Waals surface area (Å²) in [5.41, 5.74) is 0.102. The molecule has 2 atom stereocenters. The van der Waals surface area contributed by atoms with Crippen LogP contribution in [0.3, 0.4) is 0 Å². The van der Waals surface area contributed by atoms with E-state index < -0.39 is 17.5 Å². The molecule has 1 aliphatic heterocycles. The maximum atomic E-state index is 12.8. The predicted octanol–water partition coefficient (Wildman–Crippen LogP) is 4.19. The zero-order valence-corrected chi connectivity index (χ0v) is 12.8. The average Bonchev–Trinajstić information content (AvgIpc) is 2.88. The Hall–Kier alpha value is -0.790. The molecule has 0 bridgehead atoms. The fraction of sp³-hybridized carbons (Fsp3) is 0.500. The average molecular weight is 336 g/mol. The van der Waals surface area contributed by atoms with Gasteiger partial charge in [0.05, 0.1) is 12.5 Å². The number of halogens is 3. The standard InChI is InChI=1S/C14H15F3O2S2/c15-14(16,17)11-7-9-18-12(11)21-13(20)19-8-6-10-4-2-1-3-5-10/h1-5,11-12H,6-9H2/t11-,12+/m1/s1. The second-order valence-electron chi connectivity index (χ2n) is 4.63. The Morgan fingerprint density at radius 3 is 2.71 bits per heavy atom. The van der Waals surface area contributed by atoms with E-state index in [-0.39, 0.29) is 17.4 Å². The second-order valence-corrected chi connectivity index (χ2v) is 6.33. The van der Waals surface area contributed by atoms with Crippen LogP contribution >= 0.6 is 24.0 Å². The molecule has 1 saturated heterocycles. The Labute approximate surface area is 131 Å². The highest BCUT2D eigenvalue weighted by molar-refractivity contribution is 8.22. The highest BCUT2D eigenvalue weighted by Gasteiger charge is 2.48. The summed E-state index contributed by atoms with van der Waals surface area (Å²) in [5.74, 6) is -1.47. The van der Waals surface area contributed by atoms with Gasteiger partial charge in [-0.05, 0) is 36.0 Å². The van der Waals surface area contributed by atoms with Crippen molar-refractivity contribution in [3.8, 4) is 0 Å². The van der Waals surface area contributed by atoms with Crippen molar-refractivity contribution in [2.75, 3.05) is 13.2 Å². The summed E-state index contributed by atoms with van der Waals surface area (Å²) < 4.78 is 48.8. The summed E-state index contributed by atoms with van der Waals surface area (Å²) >= 11 is 5.82. The molecule has 1 fully saturated rings. The zero-order valence-electron chi connectivity index (χ0n) is 11.1. The molecule has 116 valence electrons. The van der Waals surface area contributed by atoms with Gasteiger partial charge in [0.2, 0.25) is 4.38 Å². The monoisotopic (exact) mass is 336 g/mol. The molecule has 7 heteroatoms. The molecule has 21 heavy (non-hydrogen) atoms. The van der Waals surface area contributed by atoms with Crippen molar-refractivity contribution in [2.45, 2.75) is 24.5 Å². The summed E-state index contributed by atoms with van der Waals surface area (Å²) in [5, 5.41) is 0. The molecule has 1 heterocycles. The van der Waals surface area contributed by atoms with Gasteiger partial charge in [-0.2, -0.15) is 13.2 Å². The minimum Gasteiger partial charge on any atom is -0.478 e. The second kappa shape index (κ2) is 7.47. The molecule has 0 radical (unpaired) electrons. The van der Waals surface area contributed by atoms with E-state index in [1.165, 1.54) is 0 Å². The fourth-order valence-corrected chi connectivity index (χ4v) is 3.35. The van der Waals surface area contributed by atoms with Crippen molar-refractivity contribution in [1.82, 2.24) is 0 Å². The molecule has 0 unspecified atom stereocenters. The molecule has 1 aromatic rings. The predicted molar refractivity (Wildman–Crippen MR) is 80.2 cm³/mol. The maximum Gasteiger partial charge on any atom is 0.395 e. The van der Waals surface area contributed by atoms with E-state index in [2.05, 4.69) is 0 Å². The Morgan fingerprint density at radius 2 is 2.05 bits per heavy atom. The van der Waals surface area contributed by atoms with E-state index in [0.717, 1.165) is 17.3 Å². The maximum absolute atomic E-state index is 12.8. The number of alkyl halides is 3. The number of ether oxygens (including phenoxy) is 2. The van der Waals surface area contributed by atoms with Gasteiger partial charge in [0.15, 0.2) is 0 Å². The van der Waals surface area contributed by atoms with Crippen LogP contribution in [-0.4, -0.2) is 29.2 Å². The van der Waals surface area contributed by atoms with Crippen molar-refractivity contribution in [1.29, 1.82) is 0 Å². The molecule has 0 N–H and O–H groups in total. The molecule has 0 amide bonds. The molecule has 1 aromatic carbocycles. The number of benzene rings is 1. The molecular formula is C14H15F3O2S2. The van der Waals surface area contributed by atoms with Gasteiger partial charge in [-0.3, -0.25) is 0 Å². The van der Waals surface area contributed by atoms with Gasteiger partial charge in [0.1, 0.15) is 5.44 Å². The van der Waals surface area contributed by atoms with Crippen LogP contribution in [0.1, 0.15) is 12.0 Å². The van der Waals surface area contributed by atoms with Crippen molar-refractivity contribution >= 4 is 28.4 Å². The molecule has 1 aliphatic rings. The van der Waals surface area contributed by atoms with Crippen LogP contribution in [0.25, 0.3) is 0 Å². The summed E-state index contributed by atoms with van der Waals surface area (Å²) in [6, 6.07) is 9.67. The quantitative estimate of drug-likeness (QED) is 0.767. The van der Waals surface area contributed by atoms with Crippen LogP contribution in [0.15, 0.2) is 30.3 Å². The number of hydrogen-bond donors (Lipinski definition) is 0. The third kappa shape index (κ3) is 5.16. The van der Waals surface area contributed by atoms with E-state index in [0.29, 0.717) is 13.0 Å².